The lowest BCUT2D eigenvalue weighted by molar-refractivity contribution is -0.190. The molecule has 5 heterocycles. The molecule has 4 N–H and O–H groups in total. The monoisotopic (exact) mass is 620 g/mol. The number of benzene rings is 1. The van der Waals surface area contributed by atoms with Crippen molar-refractivity contribution in [3.8, 4) is 0 Å². The Hall–Kier alpha value is -1.71. The van der Waals surface area contributed by atoms with Crippen LogP contribution in [0.15, 0.2) is 0 Å². The van der Waals surface area contributed by atoms with E-state index in [-0.39, 0.29) is 38.5 Å². The summed E-state index contributed by atoms with van der Waals surface area (Å²) in [7, 11) is 0. The molecule has 15 heteroatoms. The average molecular weight is 621 g/mol. The fourth-order valence-electron chi connectivity index (χ4n) is 8.61. The molecular weight excluding hydrogens is 589 g/mol. The van der Waals surface area contributed by atoms with Crippen molar-refractivity contribution in [1.82, 2.24) is 21.3 Å². The number of nitrogens with one attached hydrogen (secondary N) is 4. The molecule has 10 atom stereocenters. The lowest BCUT2D eigenvalue weighted by atomic mass is 9.82. The summed E-state index contributed by atoms with van der Waals surface area (Å²) < 4.78 is 160. The van der Waals surface area contributed by atoms with Crippen LogP contribution >= 0.6 is 0 Å². The second kappa shape index (κ2) is 10.7. The Morgan fingerprint density at radius 1 is 0.381 bits per heavy atom. The first-order valence-corrected chi connectivity index (χ1v) is 14.4. The van der Waals surface area contributed by atoms with Gasteiger partial charge in [-0.1, -0.05) is 0 Å². The van der Waals surface area contributed by atoms with Gasteiger partial charge in [-0.05, 0) is 51.4 Å². The molecule has 6 rings (SSSR count). The van der Waals surface area contributed by atoms with Crippen molar-refractivity contribution < 1.29 is 48.3 Å². The molecule has 5 fully saturated rings. The summed E-state index contributed by atoms with van der Waals surface area (Å²) in [5.74, 6) is -16.6. The summed E-state index contributed by atoms with van der Waals surface area (Å²) in [6, 6.07) is -7.89. The average Bonchev–Trinajstić information content (AvgIpc) is 3.71. The molecule has 5 aliphatic rings. The van der Waals surface area contributed by atoms with E-state index in [0.29, 0.717) is 12.8 Å². The van der Waals surface area contributed by atoms with Crippen LogP contribution in [0.1, 0.15) is 62.8 Å². The van der Waals surface area contributed by atoms with E-state index in [4.69, 9.17) is 0 Å². The Morgan fingerprint density at radius 3 is 0.976 bits per heavy atom. The maximum atomic E-state index is 15.2. The summed E-state index contributed by atoms with van der Waals surface area (Å²) in [5, 5.41) is 11.6. The molecule has 0 aromatic heterocycles. The summed E-state index contributed by atoms with van der Waals surface area (Å²) in [5.41, 5.74) is -1.22. The van der Waals surface area contributed by atoms with E-state index in [0.717, 1.165) is 0 Å². The van der Waals surface area contributed by atoms with Gasteiger partial charge >= 0.3 is 12.4 Å². The smallest absolute Gasteiger partial charge is 0.310 e. The van der Waals surface area contributed by atoms with Gasteiger partial charge in [0.2, 0.25) is 5.82 Å². The first kappa shape index (κ1) is 30.3. The molecule has 42 heavy (non-hydrogen) atoms. The van der Waals surface area contributed by atoms with Crippen molar-refractivity contribution in [2.24, 2.45) is 11.8 Å². The Morgan fingerprint density at radius 2 is 0.643 bits per heavy atom. The van der Waals surface area contributed by atoms with E-state index in [9.17, 15) is 39.5 Å². The van der Waals surface area contributed by atoms with Gasteiger partial charge in [0, 0.05) is 59.8 Å². The largest absolute Gasteiger partial charge is 0.394 e. The molecule has 10 unspecified atom stereocenters. The summed E-state index contributed by atoms with van der Waals surface area (Å²) in [4.78, 5) is 0. The quantitative estimate of drug-likeness (QED) is 0.195. The van der Waals surface area contributed by atoms with E-state index < -0.39 is 113 Å². The van der Waals surface area contributed by atoms with Gasteiger partial charge in [0.15, 0.2) is 23.3 Å². The number of hydrogen-bond acceptors (Lipinski definition) is 4. The van der Waals surface area contributed by atoms with Gasteiger partial charge in [0.25, 0.3) is 0 Å². The third kappa shape index (κ3) is 5.09. The molecule has 8 bridgehead atoms. The number of halogens is 11. The number of alkyl halides is 6. The van der Waals surface area contributed by atoms with Gasteiger partial charge < -0.3 is 21.3 Å². The second-order valence-corrected chi connectivity index (χ2v) is 12.5. The van der Waals surface area contributed by atoms with Crippen LogP contribution in [0.4, 0.5) is 48.3 Å². The van der Waals surface area contributed by atoms with Gasteiger partial charge in [0.05, 0.1) is 11.8 Å². The Kier molecular flexibility index (Phi) is 7.74. The summed E-state index contributed by atoms with van der Waals surface area (Å²) in [6.45, 7) is 0. The van der Waals surface area contributed by atoms with Crippen molar-refractivity contribution in [1.29, 1.82) is 0 Å². The fourth-order valence-corrected chi connectivity index (χ4v) is 8.61. The molecule has 1 aromatic rings. The predicted molar refractivity (Wildman–Crippen MR) is 128 cm³/mol. The first-order chi connectivity index (χ1) is 19.7. The van der Waals surface area contributed by atoms with Gasteiger partial charge in [0.1, 0.15) is 0 Å². The molecular formula is C27H31F11N4. The van der Waals surface area contributed by atoms with E-state index in [1.807, 2.05) is 0 Å². The van der Waals surface area contributed by atoms with Gasteiger partial charge in [-0.2, -0.15) is 26.3 Å². The first-order valence-electron chi connectivity index (χ1n) is 14.4. The third-order valence-electron chi connectivity index (χ3n) is 10.3. The molecule has 0 spiro atoms. The third-order valence-corrected chi connectivity index (χ3v) is 10.3. The fraction of sp³-hybridized carbons (Fsp3) is 0.778. The Balaban J connectivity index is 1.45. The van der Waals surface area contributed by atoms with Crippen molar-refractivity contribution in [2.45, 2.75) is 118 Å². The molecule has 5 aliphatic heterocycles. The van der Waals surface area contributed by atoms with Crippen molar-refractivity contribution in [2.75, 3.05) is 0 Å². The van der Waals surface area contributed by atoms with Crippen LogP contribution in [0.2, 0.25) is 0 Å². The molecule has 1 aromatic carbocycles. The minimum Gasteiger partial charge on any atom is -0.310 e. The van der Waals surface area contributed by atoms with E-state index in [1.54, 1.807) is 0 Å². The highest BCUT2D eigenvalue weighted by Gasteiger charge is 2.58. The van der Waals surface area contributed by atoms with Crippen LogP contribution in [-0.2, 0) is 0 Å². The van der Waals surface area contributed by atoms with E-state index >= 15 is 8.78 Å². The van der Waals surface area contributed by atoms with Crippen LogP contribution < -0.4 is 21.3 Å². The number of hydrogen-bond donors (Lipinski definition) is 4. The van der Waals surface area contributed by atoms with Gasteiger partial charge in [-0.25, -0.2) is 22.0 Å². The lowest BCUT2D eigenvalue weighted by Gasteiger charge is -2.36. The second-order valence-electron chi connectivity index (χ2n) is 12.5. The van der Waals surface area contributed by atoms with E-state index in [1.165, 1.54) is 0 Å². The normalized spacial score (nSPS) is 40.8. The molecule has 5 saturated heterocycles. The minimum absolute atomic E-state index is 0.101. The zero-order chi connectivity index (χ0) is 30.3. The van der Waals surface area contributed by atoms with Crippen LogP contribution in [0.3, 0.4) is 0 Å². The molecule has 0 aliphatic carbocycles. The maximum Gasteiger partial charge on any atom is 0.394 e. The topological polar surface area (TPSA) is 48.1 Å². The lowest BCUT2D eigenvalue weighted by Crippen LogP contribution is -2.55. The molecule has 0 saturated carbocycles. The summed E-state index contributed by atoms with van der Waals surface area (Å²) in [6.07, 6.45) is -8.91. The Bertz CT molecular complexity index is 1110. The van der Waals surface area contributed by atoms with Gasteiger partial charge in [-0.3, -0.25) is 0 Å². The number of fused-ring (bicyclic) bond motifs is 9. The molecule has 4 nitrogen and oxygen atoms in total. The highest BCUT2D eigenvalue weighted by atomic mass is 19.4. The Labute approximate surface area is 234 Å². The minimum atomic E-state index is -4.70. The standard InChI is InChI=1S/C27H31F11N4/c28-21-18(22(29)24(31)25(32)23(21)30)17-11-3-7-15(41-11)19(26(33,34)35)13-5-1-9(39-13)10-2-6-14(40-10)20(27(36,37)38)16-8-4-12(17)42-16/h9-17,19-20,39-42H,1-8H2. The highest BCUT2D eigenvalue weighted by Crippen LogP contribution is 2.47. The highest BCUT2D eigenvalue weighted by molar-refractivity contribution is 5.31. The van der Waals surface area contributed by atoms with Crippen LogP contribution in [0, 0.1) is 40.9 Å². The van der Waals surface area contributed by atoms with Crippen molar-refractivity contribution in [3.63, 3.8) is 0 Å². The van der Waals surface area contributed by atoms with Crippen molar-refractivity contribution in [3.05, 3.63) is 34.6 Å². The predicted octanol–water partition coefficient (Wildman–Crippen LogP) is 5.32. The number of rotatable bonds is 1. The van der Waals surface area contributed by atoms with Gasteiger partial charge in [-0.15, -0.1) is 0 Å². The summed E-state index contributed by atoms with van der Waals surface area (Å²) >= 11 is 0. The molecule has 236 valence electrons. The zero-order valence-electron chi connectivity index (χ0n) is 22.2. The molecule has 0 amide bonds. The van der Waals surface area contributed by atoms with Crippen LogP contribution in [0.5, 0.6) is 0 Å². The maximum absolute atomic E-state index is 15.2. The zero-order valence-corrected chi connectivity index (χ0v) is 22.2. The SMILES string of the molecule is Fc1c(F)c(F)c(C2C3CCC(N3)C(C(F)(F)F)C3CCC(N3)C3CCC(N3)C(C(F)(F)F)C3CCC2N3)c(F)c1F. The van der Waals surface area contributed by atoms with Crippen LogP contribution in [-0.4, -0.2) is 60.7 Å². The van der Waals surface area contributed by atoms with E-state index in [2.05, 4.69) is 21.3 Å². The molecule has 0 radical (unpaired) electrons. The van der Waals surface area contributed by atoms with Crippen LogP contribution in [0.25, 0.3) is 0 Å². The van der Waals surface area contributed by atoms with Crippen molar-refractivity contribution >= 4 is 0 Å².